The van der Waals surface area contributed by atoms with Crippen molar-refractivity contribution in [2.75, 3.05) is 19.4 Å². The van der Waals surface area contributed by atoms with Crippen LogP contribution in [0.3, 0.4) is 0 Å². The Balaban J connectivity index is 2.27. The maximum absolute atomic E-state index is 12.5. The number of hydrogen-bond donors (Lipinski definition) is 2. The van der Waals surface area contributed by atoms with Gasteiger partial charge in [-0.3, -0.25) is 4.79 Å². The number of likely N-dealkylation sites (tertiary alicyclic amines) is 1. The number of hydrogen-bond acceptors (Lipinski definition) is 4. The minimum Gasteiger partial charge on any atom is -0.497 e. The van der Waals surface area contributed by atoms with Crippen molar-refractivity contribution in [1.82, 2.24) is 4.90 Å². The van der Waals surface area contributed by atoms with Crippen molar-refractivity contribution in [2.45, 2.75) is 25.3 Å². The summed E-state index contributed by atoms with van der Waals surface area (Å²) in [6.45, 7) is 0.446. The molecule has 1 aliphatic rings. The molecule has 1 unspecified atom stereocenters. The number of nitrogen functional groups attached to an aromatic ring is 1. The molecule has 2 rings (SSSR count). The zero-order valence-corrected chi connectivity index (χ0v) is 11.3. The Morgan fingerprint density at radius 1 is 1.40 bits per heavy atom. The number of methoxy groups -OCH3 is 1. The van der Waals surface area contributed by atoms with Crippen LogP contribution in [0.2, 0.25) is 0 Å². The lowest BCUT2D eigenvalue weighted by atomic mass is 10.0. The smallest absolute Gasteiger partial charge is 0.326 e. The van der Waals surface area contributed by atoms with Crippen LogP contribution >= 0.6 is 0 Å². The van der Waals surface area contributed by atoms with Gasteiger partial charge in [0, 0.05) is 18.3 Å². The average Bonchev–Trinajstić information content (AvgIpc) is 2.46. The molecule has 0 spiro atoms. The van der Waals surface area contributed by atoms with Crippen LogP contribution in [0.5, 0.6) is 5.75 Å². The highest BCUT2D eigenvalue weighted by molar-refractivity contribution is 6.01. The number of carboxylic acid groups (broad SMARTS) is 1. The van der Waals surface area contributed by atoms with Gasteiger partial charge in [-0.1, -0.05) is 0 Å². The fourth-order valence-corrected chi connectivity index (χ4v) is 2.45. The molecule has 1 fully saturated rings. The van der Waals surface area contributed by atoms with Gasteiger partial charge in [0.1, 0.15) is 11.8 Å². The molecular weight excluding hydrogens is 260 g/mol. The number of nitrogens with two attached hydrogens (primary N) is 1. The zero-order chi connectivity index (χ0) is 14.7. The van der Waals surface area contributed by atoms with E-state index >= 15 is 0 Å². The summed E-state index contributed by atoms with van der Waals surface area (Å²) in [6, 6.07) is 4.01. The van der Waals surface area contributed by atoms with Gasteiger partial charge >= 0.3 is 5.97 Å². The second-order valence-electron chi connectivity index (χ2n) is 4.80. The van der Waals surface area contributed by atoms with Crippen molar-refractivity contribution >= 4 is 17.6 Å². The number of carboxylic acids is 1. The monoisotopic (exact) mass is 278 g/mol. The van der Waals surface area contributed by atoms with Crippen LogP contribution in [0, 0.1) is 0 Å². The number of aliphatic carboxylic acids is 1. The highest BCUT2D eigenvalue weighted by atomic mass is 16.5. The number of amides is 1. The minimum absolute atomic E-state index is 0.295. The average molecular weight is 278 g/mol. The molecule has 0 aromatic heterocycles. The maximum Gasteiger partial charge on any atom is 0.326 e. The third-order valence-electron chi connectivity index (χ3n) is 3.54. The van der Waals surface area contributed by atoms with Gasteiger partial charge in [0.05, 0.1) is 12.7 Å². The second kappa shape index (κ2) is 5.81. The van der Waals surface area contributed by atoms with E-state index in [1.54, 1.807) is 18.2 Å². The van der Waals surface area contributed by atoms with Crippen molar-refractivity contribution in [3.8, 4) is 5.75 Å². The number of carbonyl (C=O) groups excluding carboxylic acids is 1. The molecule has 1 saturated heterocycles. The Labute approximate surface area is 117 Å². The van der Waals surface area contributed by atoms with Crippen LogP contribution in [0.1, 0.15) is 29.6 Å². The SMILES string of the molecule is COc1ccc(C(=O)N2CCCCC2C(=O)O)c(N)c1. The minimum atomic E-state index is -0.967. The van der Waals surface area contributed by atoms with E-state index in [4.69, 9.17) is 10.5 Å². The first-order valence-electron chi connectivity index (χ1n) is 6.52. The van der Waals surface area contributed by atoms with E-state index in [1.165, 1.54) is 12.0 Å². The van der Waals surface area contributed by atoms with Crippen LogP contribution in [0.15, 0.2) is 18.2 Å². The molecule has 0 radical (unpaired) electrons. The summed E-state index contributed by atoms with van der Waals surface area (Å²) in [5, 5.41) is 9.21. The number of benzene rings is 1. The van der Waals surface area contributed by atoms with Gasteiger partial charge in [0.2, 0.25) is 0 Å². The van der Waals surface area contributed by atoms with Crippen molar-refractivity contribution in [2.24, 2.45) is 0 Å². The van der Waals surface area contributed by atoms with Gasteiger partial charge in [0.15, 0.2) is 0 Å². The number of ether oxygens (including phenoxy) is 1. The summed E-state index contributed by atoms with van der Waals surface area (Å²) >= 11 is 0. The third-order valence-corrected chi connectivity index (χ3v) is 3.54. The van der Waals surface area contributed by atoms with Gasteiger partial charge in [-0.05, 0) is 31.4 Å². The van der Waals surface area contributed by atoms with Crippen LogP contribution in [0.4, 0.5) is 5.69 Å². The van der Waals surface area contributed by atoms with Crippen molar-refractivity contribution in [3.05, 3.63) is 23.8 Å². The molecule has 20 heavy (non-hydrogen) atoms. The quantitative estimate of drug-likeness (QED) is 0.814. The van der Waals surface area contributed by atoms with Gasteiger partial charge in [-0.2, -0.15) is 0 Å². The van der Waals surface area contributed by atoms with E-state index in [-0.39, 0.29) is 5.91 Å². The normalized spacial score (nSPS) is 18.6. The summed E-state index contributed by atoms with van der Waals surface area (Å²) in [6.07, 6.45) is 2.11. The number of rotatable bonds is 3. The summed E-state index contributed by atoms with van der Waals surface area (Å²) in [4.78, 5) is 25.1. The van der Waals surface area contributed by atoms with Crippen molar-refractivity contribution in [1.29, 1.82) is 0 Å². The van der Waals surface area contributed by atoms with E-state index in [2.05, 4.69) is 0 Å². The molecule has 0 aliphatic carbocycles. The predicted molar refractivity (Wildman–Crippen MR) is 73.7 cm³/mol. The molecule has 1 heterocycles. The lowest BCUT2D eigenvalue weighted by Crippen LogP contribution is -2.48. The van der Waals surface area contributed by atoms with Crippen LogP contribution in [-0.4, -0.2) is 41.6 Å². The molecule has 1 atom stereocenters. The van der Waals surface area contributed by atoms with E-state index in [0.29, 0.717) is 30.0 Å². The maximum atomic E-state index is 12.5. The molecule has 108 valence electrons. The van der Waals surface area contributed by atoms with E-state index < -0.39 is 12.0 Å². The highest BCUT2D eigenvalue weighted by Gasteiger charge is 2.33. The summed E-state index contributed by atoms with van der Waals surface area (Å²) in [5.41, 5.74) is 6.47. The zero-order valence-electron chi connectivity index (χ0n) is 11.3. The number of carbonyl (C=O) groups is 2. The van der Waals surface area contributed by atoms with Crippen molar-refractivity contribution in [3.63, 3.8) is 0 Å². The molecular formula is C14H18N2O4. The molecule has 6 heteroatoms. The Bertz CT molecular complexity index is 530. The molecule has 6 nitrogen and oxygen atoms in total. The van der Waals surface area contributed by atoms with Gasteiger partial charge in [-0.15, -0.1) is 0 Å². The van der Waals surface area contributed by atoms with E-state index in [9.17, 15) is 14.7 Å². The first kappa shape index (κ1) is 14.2. The molecule has 1 amide bonds. The third kappa shape index (κ3) is 2.68. The van der Waals surface area contributed by atoms with Gasteiger partial charge in [-0.25, -0.2) is 4.79 Å². The molecule has 3 N–H and O–H groups in total. The van der Waals surface area contributed by atoms with Crippen molar-refractivity contribution < 1.29 is 19.4 Å². The number of nitrogens with zero attached hydrogens (tertiary/aromatic N) is 1. The first-order valence-corrected chi connectivity index (χ1v) is 6.52. The van der Waals surface area contributed by atoms with Crippen LogP contribution in [0.25, 0.3) is 0 Å². The van der Waals surface area contributed by atoms with Gasteiger partial charge < -0.3 is 20.5 Å². The lowest BCUT2D eigenvalue weighted by Gasteiger charge is -2.33. The number of anilines is 1. The van der Waals surface area contributed by atoms with E-state index in [0.717, 1.165) is 12.8 Å². The lowest BCUT2D eigenvalue weighted by molar-refractivity contribution is -0.143. The summed E-state index contributed by atoms with van der Waals surface area (Å²) in [7, 11) is 1.52. The fourth-order valence-electron chi connectivity index (χ4n) is 2.45. The molecule has 0 bridgehead atoms. The Morgan fingerprint density at radius 2 is 2.15 bits per heavy atom. The standard InChI is InChI=1S/C14H18N2O4/c1-20-9-5-6-10(11(15)8-9)13(17)16-7-3-2-4-12(16)14(18)19/h5-6,8,12H,2-4,7,15H2,1H3,(H,18,19). The largest absolute Gasteiger partial charge is 0.497 e. The first-order chi connectivity index (χ1) is 9.54. The number of piperidine rings is 1. The van der Waals surface area contributed by atoms with Gasteiger partial charge in [0.25, 0.3) is 5.91 Å². The topological polar surface area (TPSA) is 92.9 Å². The molecule has 1 aromatic rings. The Kier molecular flexibility index (Phi) is 4.12. The molecule has 0 saturated carbocycles. The van der Waals surface area contributed by atoms with Crippen LogP contribution in [-0.2, 0) is 4.79 Å². The molecule has 1 aliphatic heterocycles. The second-order valence-corrected chi connectivity index (χ2v) is 4.80. The van der Waals surface area contributed by atoms with Crippen LogP contribution < -0.4 is 10.5 Å². The Hall–Kier alpha value is -2.24. The Morgan fingerprint density at radius 3 is 2.75 bits per heavy atom. The predicted octanol–water partition coefficient (Wildman–Crippen LogP) is 1.36. The highest BCUT2D eigenvalue weighted by Crippen LogP contribution is 2.25. The molecule has 1 aromatic carbocycles. The van der Waals surface area contributed by atoms with E-state index in [1.807, 2.05) is 0 Å². The fraction of sp³-hybridized carbons (Fsp3) is 0.429. The summed E-state index contributed by atoms with van der Waals surface area (Å²) < 4.78 is 5.04. The summed E-state index contributed by atoms with van der Waals surface area (Å²) in [5.74, 6) is -0.741.